The normalized spacial score (nSPS) is 16.1. The lowest BCUT2D eigenvalue weighted by molar-refractivity contribution is -0.224. The predicted molar refractivity (Wildman–Crippen MR) is 100 cm³/mol. The molecule has 0 bridgehead atoms. The van der Waals surface area contributed by atoms with Gasteiger partial charge in [-0.15, -0.1) is 0 Å². The molecule has 186 valence electrons. The van der Waals surface area contributed by atoms with Crippen molar-refractivity contribution in [1.82, 2.24) is 4.90 Å². The number of nitrogens with zero attached hydrogens (tertiary/aromatic N) is 1. The summed E-state index contributed by atoms with van der Waals surface area (Å²) in [5.74, 6) is -2.42. The molecule has 0 rings (SSSR count). The van der Waals surface area contributed by atoms with E-state index in [0.717, 1.165) is 7.11 Å². The van der Waals surface area contributed by atoms with Crippen molar-refractivity contribution in [1.29, 1.82) is 0 Å². The van der Waals surface area contributed by atoms with E-state index < -0.39 is 48.4 Å². The summed E-state index contributed by atoms with van der Waals surface area (Å²) < 4.78 is 111. The number of halogens is 9. The van der Waals surface area contributed by atoms with Gasteiger partial charge in [-0.05, 0) is 31.8 Å². The Morgan fingerprint density at radius 2 is 0.933 bits per heavy atom. The summed E-state index contributed by atoms with van der Waals surface area (Å²) in [5.41, 5.74) is 0. The quantitative estimate of drug-likeness (QED) is 0.398. The minimum Gasteiger partial charge on any atom is -0.372 e. The largest absolute Gasteiger partial charge is 0.414 e. The number of hydrogen-bond donors (Lipinski definition) is 0. The van der Waals surface area contributed by atoms with Crippen LogP contribution in [0.4, 0.5) is 39.5 Å². The highest BCUT2D eigenvalue weighted by Gasteiger charge is 2.43. The molecule has 0 fully saturated rings. The topological polar surface area (TPSA) is 12.5 Å². The van der Waals surface area contributed by atoms with Crippen LogP contribution in [0, 0.1) is 23.7 Å². The summed E-state index contributed by atoms with van der Waals surface area (Å²) in [6.07, 6.45) is -14.0. The SMILES string of the molecule is CC(C)C(C)C(F)(F)F.CC(C)C(N(C)C)C(F)(F)F.COC(C(C)C)C(F)(F)F. The number of ether oxygens (including phenoxy) is 1. The van der Waals surface area contributed by atoms with Crippen molar-refractivity contribution in [2.24, 2.45) is 23.7 Å². The zero-order valence-electron chi connectivity index (χ0n) is 19.2. The molecule has 0 aliphatic rings. The van der Waals surface area contributed by atoms with E-state index in [1.165, 1.54) is 39.8 Å². The Morgan fingerprint density at radius 1 is 0.567 bits per heavy atom. The Hall–Kier alpha value is -0.710. The van der Waals surface area contributed by atoms with Gasteiger partial charge in [-0.1, -0.05) is 48.5 Å². The molecule has 30 heavy (non-hydrogen) atoms. The molecule has 0 aromatic rings. The van der Waals surface area contributed by atoms with Gasteiger partial charge in [0.25, 0.3) is 0 Å². The van der Waals surface area contributed by atoms with Crippen LogP contribution in [-0.2, 0) is 4.74 Å². The van der Waals surface area contributed by atoms with Crippen LogP contribution >= 0.6 is 0 Å². The highest BCUT2D eigenvalue weighted by atomic mass is 19.4. The molecular formula is C19H36F9NO. The standard InChI is InChI=1S/C7H14F3N.C6H11F3O.C6H11F3/c1-5(2)6(11(3)4)7(8,9)10;1-4(2)5(10-3)6(7,8)9;1-4(2)5(3)6(7,8)9/h5-6H,1-4H3;4-5H,1-3H3;4-5H,1-3H3. The van der Waals surface area contributed by atoms with E-state index in [2.05, 4.69) is 4.74 Å². The molecule has 0 spiro atoms. The van der Waals surface area contributed by atoms with E-state index in [0.29, 0.717) is 0 Å². The Kier molecular flexibility index (Phi) is 15.4. The van der Waals surface area contributed by atoms with Crippen LogP contribution in [0.3, 0.4) is 0 Å². The number of alkyl halides is 9. The first kappa shape index (κ1) is 33.9. The average Bonchev–Trinajstić information content (AvgIpc) is 2.42. The average molecular weight is 465 g/mol. The summed E-state index contributed by atoms with van der Waals surface area (Å²) in [4.78, 5) is 1.20. The van der Waals surface area contributed by atoms with E-state index in [4.69, 9.17) is 0 Å². The van der Waals surface area contributed by atoms with Crippen LogP contribution in [0.15, 0.2) is 0 Å². The van der Waals surface area contributed by atoms with Crippen molar-refractivity contribution in [2.45, 2.75) is 79.1 Å². The molecule has 0 saturated carbocycles. The molecule has 0 heterocycles. The van der Waals surface area contributed by atoms with E-state index in [1.807, 2.05) is 0 Å². The van der Waals surface area contributed by atoms with Gasteiger partial charge in [0.2, 0.25) is 0 Å². The molecule has 0 aliphatic carbocycles. The molecule has 0 saturated heterocycles. The fourth-order valence-electron chi connectivity index (χ4n) is 2.43. The molecule has 0 radical (unpaired) electrons. The molecular weight excluding hydrogens is 429 g/mol. The summed E-state index contributed by atoms with van der Waals surface area (Å²) >= 11 is 0. The second kappa shape index (κ2) is 13.6. The molecule has 0 amide bonds. The van der Waals surface area contributed by atoms with Crippen molar-refractivity contribution >= 4 is 0 Å². The van der Waals surface area contributed by atoms with Gasteiger partial charge in [-0.2, -0.15) is 39.5 Å². The first-order valence-corrected chi connectivity index (χ1v) is 9.40. The number of methoxy groups -OCH3 is 1. The third-order valence-corrected chi connectivity index (χ3v) is 4.22. The molecule has 11 heteroatoms. The van der Waals surface area contributed by atoms with Crippen LogP contribution in [0.5, 0.6) is 0 Å². The van der Waals surface area contributed by atoms with Crippen LogP contribution in [0.25, 0.3) is 0 Å². The maximum atomic E-state index is 12.2. The molecule has 3 atom stereocenters. The summed E-state index contributed by atoms with van der Waals surface area (Å²) in [7, 11) is 3.95. The number of hydrogen-bond acceptors (Lipinski definition) is 2. The lowest BCUT2D eigenvalue weighted by Gasteiger charge is -2.29. The minimum absolute atomic E-state index is 0.315. The first-order valence-electron chi connectivity index (χ1n) is 9.40. The maximum Gasteiger partial charge on any atom is 0.414 e. The van der Waals surface area contributed by atoms with Gasteiger partial charge in [-0.25, -0.2) is 0 Å². The van der Waals surface area contributed by atoms with E-state index in [9.17, 15) is 39.5 Å². The summed E-state index contributed by atoms with van der Waals surface area (Å²) in [6, 6.07) is -1.33. The van der Waals surface area contributed by atoms with Crippen LogP contribution < -0.4 is 0 Å². The fourth-order valence-corrected chi connectivity index (χ4v) is 2.43. The Bertz CT molecular complexity index is 419. The van der Waals surface area contributed by atoms with Crippen LogP contribution in [0.1, 0.15) is 48.5 Å². The van der Waals surface area contributed by atoms with Gasteiger partial charge >= 0.3 is 18.5 Å². The molecule has 0 aromatic heterocycles. The Morgan fingerprint density at radius 3 is 0.933 bits per heavy atom. The molecule has 0 N–H and O–H groups in total. The van der Waals surface area contributed by atoms with E-state index in [-0.39, 0.29) is 5.92 Å². The van der Waals surface area contributed by atoms with E-state index >= 15 is 0 Å². The van der Waals surface area contributed by atoms with Crippen molar-refractivity contribution in [3.63, 3.8) is 0 Å². The molecule has 2 nitrogen and oxygen atoms in total. The smallest absolute Gasteiger partial charge is 0.372 e. The predicted octanol–water partition coefficient (Wildman–Crippen LogP) is 7.20. The summed E-state index contributed by atoms with van der Waals surface area (Å²) in [5, 5.41) is 0. The highest BCUT2D eigenvalue weighted by Crippen LogP contribution is 2.31. The van der Waals surface area contributed by atoms with Gasteiger partial charge < -0.3 is 4.74 Å². The van der Waals surface area contributed by atoms with Gasteiger partial charge in [0.05, 0.1) is 5.92 Å². The maximum absolute atomic E-state index is 12.2. The molecule has 0 aliphatic heterocycles. The lowest BCUT2D eigenvalue weighted by Crippen LogP contribution is -2.45. The van der Waals surface area contributed by atoms with E-state index in [1.54, 1.807) is 27.7 Å². The minimum atomic E-state index is -4.23. The van der Waals surface area contributed by atoms with Crippen LogP contribution in [-0.4, -0.2) is 56.8 Å². The van der Waals surface area contributed by atoms with Crippen LogP contribution in [0.2, 0.25) is 0 Å². The van der Waals surface area contributed by atoms with Crippen molar-refractivity contribution in [3.05, 3.63) is 0 Å². The van der Waals surface area contributed by atoms with Gasteiger partial charge in [0.15, 0.2) is 6.10 Å². The Balaban J connectivity index is -0.000000366. The summed E-state index contributed by atoms with van der Waals surface area (Å²) in [6.45, 7) is 10.4. The third-order valence-electron chi connectivity index (χ3n) is 4.22. The lowest BCUT2D eigenvalue weighted by atomic mass is 9.98. The Labute approximate surface area is 174 Å². The van der Waals surface area contributed by atoms with Gasteiger partial charge in [-0.3, -0.25) is 4.90 Å². The second-order valence-electron chi connectivity index (χ2n) is 8.21. The van der Waals surface area contributed by atoms with Gasteiger partial charge in [0.1, 0.15) is 6.04 Å². The third kappa shape index (κ3) is 15.1. The van der Waals surface area contributed by atoms with Crippen molar-refractivity contribution in [2.75, 3.05) is 21.2 Å². The number of rotatable bonds is 5. The first-order chi connectivity index (χ1) is 13.0. The van der Waals surface area contributed by atoms with Crippen molar-refractivity contribution in [3.8, 4) is 0 Å². The van der Waals surface area contributed by atoms with Crippen molar-refractivity contribution < 1.29 is 44.3 Å². The van der Waals surface area contributed by atoms with Gasteiger partial charge in [0, 0.05) is 7.11 Å². The fraction of sp³-hybridized carbons (Fsp3) is 1.00. The molecule has 3 unspecified atom stereocenters. The zero-order valence-corrected chi connectivity index (χ0v) is 19.2. The second-order valence-corrected chi connectivity index (χ2v) is 8.21. The zero-order chi connectivity index (χ0) is 25.2. The highest BCUT2D eigenvalue weighted by molar-refractivity contribution is 4.77. The molecule has 0 aromatic carbocycles. The monoisotopic (exact) mass is 465 g/mol.